The van der Waals surface area contributed by atoms with E-state index in [1.165, 1.54) is 417 Å². The number of unbranched alkanes of at least 4 members (excludes halogenated alkanes) is 69. The van der Waals surface area contributed by atoms with Crippen molar-refractivity contribution in [2.75, 3.05) is 40.9 Å². The van der Waals surface area contributed by atoms with E-state index < -0.39 is 20.0 Å². The molecule has 558 valence electrons. The molecule has 0 aromatic rings. The molecule has 0 fully saturated rings. The van der Waals surface area contributed by atoms with Crippen LogP contribution in [0.2, 0.25) is 0 Å². The molecule has 0 aromatic carbocycles. The summed E-state index contributed by atoms with van der Waals surface area (Å²) >= 11 is 0. The smallest absolute Gasteiger partial charge is 0.391 e. The van der Waals surface area contributed by atoms with Gasteiger partial charge in [0.2, 0.25) is 5.91 Å². The Balaban J connectivity index is 3.83. The van der Waals surface area contributed by atoms with Gasteiger partial charge in [0.15, 0.2) is 0 Å². The maximum absolute atomic E-state index is 13.1. The second kappa shape index (κ2) is 75.7. The molecular weight excluding hydrogens is 1160 g/mol. The van der Waals surface area contributed by atoms with Crippen LogP contribution in [0.25, 0.3) is 0 Å². The fourth-order valence-corrected chi connectivity index (χ4v) is 14.7. The van der Waals surface area contributed by atoms with Crippen molar-refractivity contribution in [1.29, 1.82) is 0 Å². The molecule has 1 amide bonds. The zero-order valence-electron chi connectivity index (χ0n) is 64.3. The number of likely N-dealkylation sites (N-methyl/N-ethyl adjacent to an activating group) is 1. The van der Waals surface area contributed by atoms with E-state index in [1.807, 2.05) is 21.1 Å². The van der Waals surface area contributed by atoms with Crippen LogP contribution in [-0.2, 0) is 18.4 Å². The van der Waals surface area contributed by atoms with Crippen molar-refractivity contribution in [1.82, 2.24) is 5.32 Å². The first kappa shape index (κ1) is 92.5. The standard InChI is InChI=1S/C84H171N2O6P/c1-6-8-10-12-14-16-18-20-22-24-26-28-30-32-34-36-38-39-40-41-42-43-44-45-46-47-48-50-52-54-56-58-60-62-64-66-68-70-72-74-76-78-84(88)85-82(81-92-93(89,90)91-80-79-86(3,4)5)83(87)77-75-73-71-69-67-65-63-61-59-57-55-53-51-49-37-35-33-31-29-27-25-23-21-19-17-15-13-11-9-7-2/h82-83,87H,6-81H2,1-5H3,(H-,85,88,89,90)/p+1. The lowest BCUT2D eigenvalue weighted by Gasteiger charge is -2.26. The Kier molecular flexibility index (Phi) is 75.3. The Morgan fingerprint density at radius 1 is 0.323 bits per heavy atom. The molecular formula is C84H172N2O6P+. The molecule has 0 heterocycles. The van der Waals surface area contributed by atoms with Gasteiger partial charge in [0.1, 0.15) is 13.2 Å². The minimum Gasteiger partial charge on any atom is -0.391 e. The maximum Gasteiger partial charge on any atom is 0.472 e. The van der Waals surface area contributed by atoms with Crippen molar-refractivity contribution in [2.45, 2.75) is 495 Å². The van der Waals surface area contributed by atoms with E-state index in [0.717, 1.165) is 38.5 Å². The molecule has 0 saturated carbocycles. The predicted octanol–water partition coefficient (Wildman–Crippen LogP) is 28.2. The number of phosphoric ester groups is 1. The zero-order chi connectivity index (χ0) is 67.6. The number of rotatable bonds is 82. The molecule has 0 rings (SSSR count). The fourth-order valence-electron chi connectivity index (χ4n) is 14.0. The van der Waals surface area contributed by atoms with Gasteiger partial charge in [0.05, 0.1) is 39.9 Å². The third-order valence-corrected chi connectivity index (χ3v) is 21.6. The van der Waals surface area contributed by atoms with Gasteiger partial charge in [0, 0.05) is 6.42 Å². The third-order valence-electron chi connectivity index (χ3n) is 20.6. The number of aliphatic hydroxyl groups is 1. The molecule has 0 aliphatic heterocycles. The number of quaternary nitrogens is 1. The number of aliphatic hydroxyl groups excluding tert-OH is 1. The Labute approximate surface area is 584 Å². The monoisotopic (exact) mass is 1340 g/mol. The maximum atomic E-state index is 13.1. The second-order valence-electron chi connectivity index (χ2n) is 31.3. The summed E-state index contributed by atoms with van der Waals surface area (Å²) in [6, 6.07) is -0.758. The molecule has 0 aromatic heterocycles. The van der Waals surface area contributed by atoms with Crippen LogP contribution in [0, 0.1) is 0 Å². The SMILES string of the molecule is CCCCCCCCCCCCCCCCCCCCCCCCCCCCCCCCCCCCCCCCCCCC(=O)NC(COP(=O)(O)OCC[N+](C)(C)C)C(O)CCCCCCCCCCCCCCCCCCCCCCCCCCCCCCCC. The van der Waals surface area contributed by atoms with E-state index in [4.69, 9.17) is 9.05 Å². The first-order chi connectivity index (χ1) is 45.5. The van der Waals surface area contributed by atoms with E-state index in [-0.39, 0.29) is 19.1 Å². The van der Waals surface area contributed by atoms with E-state index in [2.05, 4.69) is 19.2 Å². The summed E-state index contributed by atoms with van der Waals surface area (Å²) in [6.45, 7) is 4.98. The summed E-state index contributed by atoms with van der Waals surface area (Å²) in [6.07, 6.45) is 98.6. The number of hydrogen-bond donors (Lipinski definition) is 3. The minimum absolute atomic E-state index is 0.0797. The first-order valence-corrected chi connectivity index (χ1v) is 44.4. The molecule has 0 aliphatic carbocycles. The molecule has 3 unspecified atom stereocenters. The van der Waals surface area contributed by atoms with Crippen molar-refractivity contribution >= 4 is 13.7 Å². The lowest BCUT2D eigenvalue weighted by atomic mass is 10.0. The van der Waals surface area contributed by atoms with Crippen molar-refractivity contribution < 1.29 is 32.9 Å². The molecule has 93 heavy (non-hydrogen) atoms. The Morgan fingerprint density at radius 2 is 0.516 bits per heavy atom. The third kappa shape index (κ3) is 78.7. The number of phosphoric acid groups is 1. The highest BCUT2D eigenvalue weighted by atomic mass is 31.2. The van der Waals surface area contributed by atoms with Gasteiger partial charge in [-0.25, -0.2) is 4.57 Å². The molecule has 0 saturated heterocycles. The van der Waals surface area contributed by atoms with Gasteiger partial charge in [0.25, 0.3) is 0 Å². The molecule has 0 aliphatic rings. The lowest BCUT2D eigenvalue weighted by Crippen LogP contribution is -2.46. The average Bonchev–Trinajstić information content (AvgIpc) is 2.75. The van der Waals surface area contributed by atoms with Crippen molar-refractivity contribution in [3.8, 4) is 0 Å². The molecule has 0 radical (unpaired) electrons. The molecule has 9 heteroatoms. The largest absolute Gasteiger partial charge is 0.472 e. The van der Waals surface area contributed by atoms with Crippen molar-refractivity contribution in [3.63, 3.8) is 0 Å². The van der Waals surface area contributed by atoms with Crippen LogP contribution < -0.4 is 5.32 Å². The Hall–Kier alpha value is -0.500. The van der Waals surface area contributed by atoms with E-state index in [1.54, 1.807) is 0 Å². The number of carbonyl (C=O) groups is 1. The van der Waals surface area contributed by atoms with Gasteiger partial charge in [-0.15, -0.1) is 0 Å². The fraction of sp³-hybridized carbons (Fsp3) is 0.988. The average molecular weight is 1340 g/mol. The summed E-state index contributed by atoms with van der Waals surface area (Å²) < 4.78 is 24.0. The van der Waals surface area contributed by atoms with E-state index in [0.29, 0.717) is 23.9 Å². The summed E-state index contributed by atoms with van der Waals surface area (Å²) in [5, 5.41) is 14.2. The van der Waals surface area contributed by atoms with Crippen LogP contribution in [0.1, 0.15) is 483 Å². The lowest BCUT2D eigenvalue weighted by molar-refractivity contribution is -0.870. The van der Waals surface area contributed by atoms with Crippen LogP contribution >= 0.6 is 7.82 Å². The number of nitrogens with one attached hydrogen (secondary N) is 1. The Bertz CT molecular complexity index is 1480. The minimum atomic E-state index is -4.33. The predicted molar refractivity (Wildman–Crippen MR) is 411 cm³/mol. The topological polar surface area (TPSA) is 105 Å². The van der Waals surface area contributed by atoms with Gasteiger partial charge in [-0.05, 0) is 12.8 Å². The molecule has 0 spiro atoms. The molecule has 3 atom stereocenters. The van der Waals surface area contributed by atoms with Gasteiger partial charge < -0.3 is 19.8 Å². The van der Waals surface area contributed by atoms with Gasteiger partial charge in [-0.3, -0.25) is 13.8 Å². The van der Waals surface area contributed by atoms with Crippen LogP contribution in [0.4, 0.5) is 0 Å². The normalized spacial score (nSPS) is 13.3. The van der Waals surface area contributed by atoms with Gasteiger partial charge in [-0.2, -0.15) is 0 Å². The molecule has 3 N–H and O–H groups in total. The molecule has 8 nitrogen and oxygen atoms in total. The quantitative estimate of drug-likeness (QED) is 0.0318. The summed E-state index contributed by atoms with van der Waals surface area (Å²) in [5.41, 5.74) is 0. The molecule has 0 bridgehead atoms. The van der Waals surface area contributed by atoms with Crippen LogP contribution in [-0.4, -0.2) is 73.4 Å². The highest BCUT2D eigenvalue weighted by Gasteiger charge is 2.28. The van der Waals surface area contributed by atoms with Gasteiger partial charge >= 0.3 is 7.82 Å². The number of hydrogen-bond acceptors (Lipinski definition) is 5. The van der Waals surface area contributed by atoms with E-state index >= 15 is 0 Å². The van der Waals surface area contributed by atoms with Crippen LogP contribution in [0.5, 0.6) is 0 Å². The highest BCUT2D eigenvalue weighted by molar-refractivity contribution is 7.47. The van der Waals surface area contributed by atoms with Gasteiger partial charge in [-0.1, -0.05) is 463 Å². The van der Waals surface area contributed by atoms with Crippen molar-refractivity contribution in [3.05, 3.63) is 0 Å². The van der Waals surface area contributed by atoms with Crippen molar-refractivity contribution in [2.24, 2.45) is 0 Å². The Morgan fingerprint density at radius 3 is 0.720 bits per heavy atom. The summed E-state index contributed by atoms with van der Waals surface area (Å²) in [4.78, 5) is 23.6. The van der Waals surface area contributed by atoms with E-state index in [9.17, 15) is 19.4 Å². The summed E-state index contributed by atoms with van der Waals surface area (Å²) in [5.74, 6) is -0.131. The summed E-state index contributed by atoms with van der Waals surface area (Å²) in [7, 11) is 1.65. The van der Waals surface area contributed by atoms with Crippen LogP contribution in [0.3, 0.4) is 0 Å². The highest BCUT2D eigenvalue weighted by Crippen LogP contribution is 2.43. The second-order valence-corrected chi connectivity index (χ2v) is 32.7. The number of carbonyl (C=O) groups excluding carboxylic acids is 1. The van der Waals surface area contributed by atoms with Crippen LogP contribution in [0.15, 0.2) is 0 Å². The number of nitrogens with zero attached hydrogens (tertiary/aromatic N) is 1. The zero-order valence-corrected chi connectivity index (χ0v) is 65.2. The number of amides is 1. The first-order valence-electron chi connectivity index (χ1n) is 42.9.